The van der Waals surface area contributed by atoms with E-state index in [1.807, 2.05) is 6.92 Å². The fourth-order valence-electron chi connectivity index (χ4n) is 2.78. The van der Waals surface area contributed by atoms with Gasteiger partial charge in [-0.3, -0.25) is 9.59 Å². The summed E-state index contributed by atoms with van der Waals surface area (Å²) in [5, 5.41) is 12.7. The lowest BCUT2D eigenvalue weighted by Gasteiger charge is -2.17. The normalized spacial score (nSPS) is 16.7. The molecule has 142 valence electrons. The highest BCUT2D eigenvalue weighted by molar-refractivity contribution is 6.37. The number of hydrogen-bond donors (Lipinski definition) is 2. The third kappa shape index (κ3) is 4.12. The molecule has 2 amide bonds. The number of phenols is 1. The Morgan fingerprint density at radius 2 is 1.81 bits per heavy atom. The summed E-state index contributed by atoms with van der Waals surface area (Å²) >= 11 is 11.8. The van der Waals surface area contributed by atoms with Crippen molar-refractivity contribution in [1.29, 1.82) is 0 Å². The Labute approximate surface area is 166 Å². The zero-order valence-electron chi connectivity index (χ0n) is 14.5. The number of nitrogens with one attached hydrogen (secondary N) is 1. The number of halogens is 2. The molecule has 1 aliphatic heterocycles. The molecular formula is C19H18Cl2N2O4. The third-order valence-corrected chi connectivity index (χ3v) is 4.65. The lowest BCUT2D eigenvalue weighted by molar-refractivity contribution is -0.121. The molecular weight excluding hydrogens is 391 g/mol. The van der Waals surface area contributed by atoms with Gasteiger partial charge in [-0.15, -0.1) is 0 Å². The molecule has 27 heavy (non-hydrogen) atoms. The van der Waals surface area contributed by atoms with E-state index in [1.165, 1.54) is 12.1 Å². The van der Waals surface area contributed by atoms with Gasteiger partial charge < -0.3 is 15.2 Å². The highest BCUT2D eigenvalue weighted by atomic mass is 35.5. The van der Waals surface area contributed by atoms with E-state index < -0.39 is 6.04 Å². The second-order valence-electron chi connectivity index (χ2n) is 6.10. The summed E-state index contributed by atoms with van der Waals surface area (Å²) in [6, 6.07) is 8.96. The Hall–Kier alpha value is -2.44. The molecule has 1 aliphatic rings. The molecule has 0 bridgehead atoms. The molecule has 1 heterocycles. The molecule has 1 saturated heterocycles. The SMILES string of the molecule is CCCOc1ccc(N2C(=O)C[C@@H](Nc3cc(Cl)c(O)c(Cl)c3)C2=O)cc1. The van der Waals surface area contributed by atoms with E-state index in [1.54, 1.807) is 24.3 Å². The molecule has 0 aliphatic carbocycles. The Morgan fingerprint density at radius 3 is 2.41 bits per heavy atom. The van der Waals surface area contributed by atoms with E-state index >= 15 is 0 Å². The minimum atomic E-state index is -0.745. The van der Waals surface area contributed by atoms with Crippen molar-refractivity contribution in [2.45, 2.75) is 25.8 Å². The zero-order valence-corrected chi connectivity index (χ0v) is 16.0. The number of anilines is 2. The molecule has 8 heteroatoms. The maximum atomic E-state index is 12.7. The van der Waals surface area contributed by atoms with Crippen molar-refractivity contribution in [3.63, 3.8) is 0 Å². The van der Waals surface area contributed by atoms with Crippen LogP contribution in [-0.4, -0.2) is 29.6 Å². The van der Waals surface area contributed by atoms with Crippen LogP contribution in [0.1, 0.15) is 19.8 Å². The Kier molecular flexibility index (Phi) is 5.77. The predicted molar refractivity (Wildman–Crippen MR) is 105 cm³/mol. The van der Waals surface area contributed by atoms with Gasteiger partial charge in [-0.2, -0.15) is 0 Å². The van der Waals surface area contributed by atoms with Crippen LogP contribution in [0.3, 0.4) is 0 Å². The van der Waals surface area contributed by atoms with E-state index in [0.717, 1.165) is 11.3 Å². The van der Waals surface area contributed by atoms with Gasteiger partial charge in [-0.1, -0.05) is 30.1 Å². The fraction of sp³-hybridized carbons (Fsp3) is 0.263. The summed E-state index contributed by atoms with van der Waals surface area (Å²) < 4.78 is 5.51. The highest BCUT2D eigenvalue weighted by Gasteiger charge is 2.39. The number of aromatic hydroxyl groups is 1. The van der Waals surface area contributed by atoms with Gasteiger partial charge in [0.15, 0.2) is 5.75 Å². The average Bonchev–Trinajstić information content (AvgIpc) is 2.92. The van der Waals surface area contributed by atoms with Crippen LogP contribution in [0.15, 0.2) is 36.4 Å². The van der Waals surface area contributed by atoms with Gasteiger partial charge in [-0.05, 0) is 42.8 Å². The van der Waals surface area contributed by atoms with Crippen LogP contribution < -0.4 is 15.0 Å². The van der Waals surface area contributed by atoms with Gasteiger partial charge in [-0.25, -0.2) is 4.90 Å². The number of carbonyl (C=O) groups is 2. The van der Waals surface area contributed by atoms with Crippen LogP contribution in [0, 0.1) is 0 Å². The monoisotopic (exact) mass is 408 g/mol. The molecule has 1 fully saturated rings. The summed E-state index contributed by atoms with van der Waals surface area (Å²) in [7, 11) is 0. The fourth-order valence-corrected chi connectivity index (χ4v) is 3.26. The Morgan fingerprint density at radius 1 is 1.19 bits per heavy atom. The van der Waals surface area contributed by atoms with Crippen LogP contribution in [0.5, 0.6) is 11.5 Å². The Balaban J connectivity index is 1.75. The number of carbonyl (C=O) groups excluding carboxylic acids is 2. The number of phenolic OH excluding ortho intramolecular Hbond substituents is 1. The number of amides is 2. The second-order valence-corrected chi connectivity index (χ2v) is 6.91. The van der Waals surface area contributed by atoms with Gasteiger partial charge in [0.2, 0.25) is 5.91 Å². The van der Waals surface area contributed by atoms with Crippen LogP contribution in [0.25, 0.3) is 0 Å². The number of ether oxygens (including phenoxy) is 1. The van der Waals surface area contributed by atoms with Crippen molar-refractivity contribution in [3.05, 3.63) is 46.4 Å². The molecule has 3 rings (SSSR count). The molecule has 0 radical (unpaired) electrons. The zero-order chi connectivity index (χ0) is 19.6. The van der Waals surface area contributed by atoms with Crippen molar-refractivity contribution in [1.82, 2.24) is 0 Å². The lowest BCUT2D eigenvalue weighted by atomic mass is 10.2. The summed E-state index contributed by atoms with van der Waals surface area (Å²) in [6.07, 6.45) is 0.895. The summed E-state index contributed by atoms with van der Waals surface area (Å²) in [6.45, 7) is 2.61. The maximum absolute atomic E-state index is 12.7. The first-order valence-electron chi connectivity index (χ1n) is 8.45. The lowest BCUT2D eigenvalue weighted by Crippen LogP contribution is -2.34. The van der Waals surface area contributed by atoms with Crippen molar-refractivity contribution < 1.29 is 19.4 Å². The first-order chi connectivity index (χ1) is 12.9. The van der Waals surface area contributed by atoms with Gasteiger partial charge in [0, 0.05) is 5.69 Å². The predicted octanol–water partition coefficient (Wildman–Crippen LogP) is 4.23. The smallest absolute Gasteiger partial charge is 0.256 e. The van der Waals surface area contributed by atoms with Crippen LogP contribution in [0.2, 0.25) is 10.0 Å². The molecule has 0 spiro atoms. The van der Waals surface area contributed by atoms with Gasteiger partial charge in [0.25, 0.3) is 5.91 Å². The molecule has 2 aromatic carbocycles. The summed E-state index contributed by atoms with van der Waals surface area (Å²) in [4.78, 5) is 26.2. The van der Waals surface area contributed by atoms with Crippen LogP contribution in [-0.2, 0) is 9.59 Å². The number of hydrogen-bond acceptors (Lipinski definition) is 5. The quantitative estimate of drug-likeness (QED) is 0.552. The first kappa shape index (κ1) is 19.3. The number of benzene rings is 2. The topological polar surface area (TPSA) is 78.9 Å². The highest BCUT2D eigenvalue weighted by Crippen LogP contribution is 2.35. The standard InChI is InChI=1S/C19H18Cl2N2O4/c1-2-7-27-13-5-3-12(4-6-13)23-17(24)10-16(19(23)26)22-11-8-14(20)18(25)15(21)9-11/h3-6,8-9,16,22,25H,2,7,10H2,1H3/t16-/m1/s1. The average molecular weight is 409 g/mol. The maximum Gasteiger partial charge on any atom is 0.256 e. The molecule has 0 saturated carbocycles. The molecule has 6 nitrogen and oxygen atoms in total. The van der Waals surface area contributed by atoms with Crippen LogP contribution in [0.4, 0.5) is 11.4 Å². The number of rotatable bonds is 6. The number of imide groups is 1. The molecule has 2 N–H and O–H groups in total. The van der Waals surface area contributed by atoms with Crippen LogP contribution >= 0.6 is 23.2 Å². The van der Waals surface area contributed by atoms with Gasteiger partial charge in [0.05, 0.1) is 28.8 Å². The molecule has 1 atom stereocenters. The van der Waals surface area contributed by atoms with E-state index in [-0.39, 0.29) is 34.0 Å². The minimum Gasteiger partial charge on any atom is -0.505 e. The summed E-state index contributed by atoms with van der Waals surface area (Å²) in [5.74, 6) is -0.231. The summed E-state index contributed by atoms with van der Waals surface area (Å²) in [5.41, 5.74) is 0.930. The molecule has 0 unspecified atom stereocenters. The molecule has 0 aromatic heterocycles. The van der Waals surface area contributed by atoms with Crippen molar-refractivity contribution in [2.75, 3.05) is 16.8 Å². The van der Waals surface area contributed by atoms with E-state index in [0.29, 0.717) is 23.7 Å². The second kappa shape index (κ2) is 8.06. The minimum absolute atomic E-state index is 0.00301. The third-order valence-electron chi connectivity index (χ3n) is 4.07. The van der Waals surface area contributed by atoms with Crippen molar-refractivity contribution in [3.8, 4) is 11.5 Å². The number of nitrogens with zero attached hydrogens (tertiary/aromatic N) is 1. The van der Waals surface area contributed by atoms with E-state index in [9.17, 15) is 14.7 Å². The Bertz CT molecular complexity index is 848. The first-order valence-corrected chi connectivity index (χ1v) is 9.20. The van der Waals surface area contributed by atoms with E-state index in [4.69, 9.17) is 27.9 Å². The molecule has 2 aromatic rings. The van der Waals surface area contributed by atoms with Gasteiger partial charge >= 0.3 is 0 Å². The largest absolute Gasteiger partial charge is 0.505 e. The van der Waals surface area contributed by atoms with E-state index in [2.05, 4.69) is 5.32 Å². The van der Waals surface area contributed by atoms with Crippen molar-refractivity contribution >= 4 is 46.4 Å². The van der Waals surface area contributed by atoms with Crippen molar-refractivity contribution in [2.24, 2.45) is 0 Å². The van der Waals surface area contributed by atoms with Gasteiger partial charge in [0.1, 0.15) is 11.8 Å².